The lowest BCUT2D eigenvalue weighted by atomic mass is 10.1. The Hall–Kier alpha value is -2.00. The highest BCUT2D eigenvalue weighted by Gasteiger charge is 2.13. The topological polar surface area (TPSA) is 33.4 Å². The van der Waals surface area contributed by atoms with Crippen LogP contribution in [0.3, 0.4) is 0 Å². The third-order valence-corrected chi connectivity index (χ3v) is 3.27. The molecule has 19 heavy (non-hydrogen) atoms. The van der Waals surface area contributed by atoms with Crippen molar-refractivity contribution < 1.29 is 13.9 Å². The fourth-order valence-corrected chi connectivity index (χ4v) is 2.19. The van der Waals surface area contributed by atoms with Crippen LogP contribution >= 0.6 is 11.6 Å². The van der Waals surface area contributed by atoms with Crippen LogP contribution in [0.2, 0.25) is 5.02 Å². The van der Waals surface area contributed by atoms with E-state index in [1.165, 1.54) is 6.07 Å². The summed E-state index contributed by atoms with van der Waals surface area (Å²) in [6.45, 7) is 1.98. The summed E-state index contributed by atoms with van der Waals surface area (Å²) >= 11 is 5.73. The first kappa shape index (κ1) is 12.1. The number of benzene rings is 2. The van der Waals surface area contributed by atoms with Gasteiger partial charge in [-0.2, -0.15) is 0 Å². The highest BCUT2D eigenvalue weighted by Crippen LogP contribution is 2.36. The number of rotatable bonds is 1. The third kappa shape index (κ3) is 2.06. The van der Waals surface area contributed by atoms with Gasteiger partial charge in [0.2, 0.25) is 0 Å². The Kier molecular flexibility index (Phi) is 2.72. The molecule has 1 heterocycles. The molecule has 0 radical (unpaired) electrons. The van der Waals surface area contributed by atoms with E-state index in [1.54, 1.807) is 6.07 Å². The van der Waals surface area contributed by atoms with Gasteiger partial charge in [-0.3, -0.25) is 0 Å². The molecule has 2 aromatic carbocycles. The van der Waals surface area contributed by atoms with E-state index < -0.39 is 5.82 Å². The Labute approximate surface area is 114 Å². The van der Waals surface area contributed by atoms with E-state index in [0.29, 0.717) is 16.9 Å². The zero-order valence-electron chi connectivity index (χ0n) is 10.1. The van der Waals surface area contributed by atoms with Gasteiger partial charge in [0.25, 0.3) is 0 Å². The Balaban J connectivity index is 2.21. The van der Waals surface area contributed by atoms with Crippen LogP contribution in [0.4, 0.5) is 4.39 Å². The molecule has 0 aliphatic heterocycles. The van der Waals surface area contributed by atoms with Gasteiger partial charge in [0.1, 0.15) is 22.9 Å². The van der Waals surface area contributed by atoms with Crippen molar-refractivity contribution in [1.29, 1.82) is 0 Å². The first-order valence-corrected chi connectivity index (χ1v) is 6.11. The zero-order valence-corrected chi connectivity index (χ0v) is 10.8. The van der Waals surface area contributed by atoms with Crippen molar-refractivity contribution in [2.45, 2.75) is 6.92 Å². The Bertz CT molecular complexity index is 777. The van der Waals surface area contributed by atoms with E-state index in [1.807, 2.05) is 25.1 Å². The van der Waals surface area contributed by atoms with Crippen molar-refractivity contribution in [2.75, 3.05) is 0 Å². The van der Waals surface area contributed by atoms with Gasteiger partial charge in [0.15, 0.2) is 0 Å². The molecule has 1 N–H and O–H groups in total. The highest BCUT2D eigenvalue weighted by atomic mass is 35.5. The molecule has 0 spiro atoms. The SMILES string of the molecule is Cc1ccc2oc(-c3cc(Cl)c(F)cc3O)cc2c1. The molecule has 0 unspecified atom stereocenters. The van der Waals surface area contributed by atoms with Crippen LogP contribution in [-0.4, -0.2) is 5.11 Å². The fraction of sp³-hybridized carbons (Fsp3) is 0.0667. The molecular weight excluding hydrogens is 267 g/mol. The van der Waals surface area contributed by atoms with E-state index >= 15 is 0 Å². The summed E-state index contributed by atoms with van der Waals surface area (Å²) in [6.07, 6.45) is 0. The number of furan rings is 1. The number of halogens is 2. The van der Waals surface area contributed by atoms with Crippen LogP contribution in [0.15, 0.2) is 40.8 Å². The number of aromatic hydroxyl groups is 1. The van der Waals surface area contributed by atoms with Crippen LogP contribution in [0, 0.1) is 12.7 Å². The van der Waals surface area contributed by atoms with Crippen molar-refractivity contribution in [2.24, 2.45) is 0 Å². The molecule has 3 aromatic rings. The molecule has 0 saturated carbocycles. The van der Waals surface area contributed by atoms with Crippen LogP contribution < -0.4 is 0 Å². The normalized spacial score (nSPS) is 11.1. The molecule has 0 aliphatic rings. The number of fused-ring (bicyclic) bond motifs is 1. The molecule has 0 bridgehead atoms. The predicted molar refractivity (Wildman–Crippen MR) is 73.0 cm³/mol. The van der Waals surface area contributed by atoms with Crippen molar-refractivity contribution in [1.82, 2.24) is 0 Å². The second kappa shape index (κ2) is 4.28. The molecule has 0 fully saturated rings. The molecule has 0 saturated heterocycles. The molecule has 0 amide bonds. The average Bonchev–Trinajstić information content (AvgIpc) is 2.76. The van der Waals surface area contributed by atoms with Gasteiger partial charge in [-0.1, -0.05) is 23.2 Å². The van der Waals surface area contributed by atoms with Crippen LogP contribution in [0.1, 0.15) is 5.56 Å². The molecule has 3 rings (SSSR count). The summed E-state index contributed by atoms with van der Waals surface area (Å²) < 4.78 is 18.9. The second-order valence-electron chi connectivity index (χ2n) is 4.44. The number of phenolic OH excluding ortho intramolecular Hbond substituents is 1. The lowest BCUT2D eigenvalue weighted by molar-refractivity contribution is 0.468. The number of hydrogen-bond donors (Lipinski definition) is 1. The van der Waals surface area contributed by atoms with Gasteiger partial charge in [-0.25, -0.2) is 4.39 Å². The van der Waals surface area contributed by atoms with E-state index in [4.69, 9.17) is 16.0 Å². The largest absolute Gasteiger partial charge is 0.507 e. The van der Waals surface area contributed by atoms with Crippen molar-refractivity contribution in [3.8, 4) is 17.1 Å². The minimum Gasteiger partial charge on any atom is -0.507 e. The van der Waals surface area contributed by atoms with E-state index in [2.05, 4.69) is 0 Å². The number of aryl methyl sites for hydroxylation is 1. The molecule has 0 aliphatic carbocycles. The van der Waals surface area contributed by atoms with Crippen LogP contribution in [0.25, 0.3) is 22.3 Å². The lowest BCUT2D eigenvalue weighted by Gasteiger charge is -2.02. The molecule has 2 nitrogen and oxygen atoms in total. The minimum atomic E-state index is -0.658. The summed E-state index contributed by atoms with van der Waals surface area (Å²) in [7, 11) is 0. The summed E-state index contributed by atoms with van der Waals surface area (Å²) in [5, 5.41) is 10.7. The first-order chi connectivity index (χ1) is 9.04. The van der Waals surface area contributed by atoms with Crippen molar-refractivity contribution in [3.63, 3.8) is 0 Å². The van der Waals surface area contributed by atoms with Gasteiger partial charge >= 0.3 is 0 Å². The Morgan fingerprint density at radius 3 is 2.74 bits per heavy atom. The molecule has 0 atom stereocenters. The van der Waals surface area contributed by atoms with Gasteiger partial charge in [0, 0.05) is 11.5 Å². The predicted octanol–water partition coefficient (Wildman–Crippen LogP) is 4.91. The number of hydrogen-bond acceptors (Lipinski definition) is 2. The van der Waals surface area contributed by atoms with E-state index in [9.17, 15) is 9.50 Å². The van der Waals surface area contributed by atoms with Crippen LogP contribution in [0.5, 0.6) is 5.75 Å². The van der Waals surface area contributed by atoms with Gasteiger partial charge in [-0.15, -0.1) is 0 Å². The molecule has 96 valence electrons. The quantitative estimate of drug-likeness (QED) is 0.685. The maximum absolute atomic E-state index is 13.2. The summed E-state index contributed by atoms with van der Waals surface area (Å²) in [6, 6.07) is 9.91. The lowest BCUT2D eigenvalue weighted by Crippen LogP contribution is -1.81. The molecule has 1 aromatic heterocycles. The van der Waals surface area contributed by atoms with Crippen molar-refractivity contribution >= 4 is 22.6 Å². The monoisotopic (exact) mass is 276 g/mol. The van der Waals surface area contributed by atoms with Gasteiger partial charge in [-0.05, 0) is 31.2 Å². The van der Waals surface area contributed by atoms with Crippen molar-refractivity contribution in [3.05, 3.63) is 52.8 Å². The van der Waals surface area contributed by atoms with E-state index in [0.717, 1.165) is 17.0 Å². The fourth-order valence-electron chi connectivity index (χ4n) is 2.03. The maximum Gasteiger partial charge on any atom is 0.145 e. The van der Waals surface area contributed by atoms with Crippen LogP contribution in [-0.2, 0) is 0 Å². The zero-order chi connectivity index (χ0) is 13.6. The first-order valence-electron chi connectivity index (χ1n) is 5.73. The average molecular weight is 277 g/mol. The van der Waals surface area contributed by atoms with Gasteiger partial charge < -0.3 is 9.52 Å². The third-order valence-electron chi connectivity index (χ3n) is 2.98. The highest BCUT2D eigenvalue weighted by molar-refractivity contribution is 6.31. The molecular formula is C15H10ClFO2. The molecule has 4 heteroatoms. The Morgan fingerprint density at radius 1 is 1.16 bits per heavy atom. The number of phenols is 1. The maximum atomic E-state index is 13.2. The standard InChI is InChI=1S/C15H10ClFO2/c1-8-2-3-14-9(4-8)5-15(19-14)10-6-11(16)12(17)7-13(10)18/h2-7,18H,1H3. The second-order valence-corrected chi connectivity index (χ2v) is 4.84. The Morgan fingerprint density at radius 2 is 1.95 bits per heavy atom. The van der Waals surface area contributed by atoms with Gasteiger partial charge in [0.05, 0.1) is 10.6 Å². The minimum absolute atomic E-state index is 0.0514. The summed E-state index contributed by atoms with van der Waals surface area (Å²) in [5.41, 5.74) is 2.20. The summed E-state index contributed by atoms with van der Waals surface area (Å²) in [4.78, 5) is 0. The smallest absolute Gasteiger partial charge is 0.145 e. The summed E-state index contributed by atoms with van der Waals surface area (Å²) in [5.74, 6) is -0.396. The van der Waals surface area contributed by atoms with E-state index in [-0.39, 0.29) is 10.8 Å².